The van der Waals surface area contributed by atoms with E-state index >= 15 is 0 Å². The van der Waals surface area contributed by atoms with Gasteiger partial charge in [-0.2, -0.15) is 0 Å². The maximum absolute atomic E-state index is 9.51. The fraction of sp³-hybridized carbons (Fsp3) is 0.438. The summed E-state index contributed by atoms with van der Waals surface area (Å²) in [4.78, 5) is 4.46. The molecule has 1 aromatic carbocycles. The molecule has 4 nitrogen and oxygen atoms in total. The molecule has 112 valence electrons. The van der Waals surface area contributed by atoms with E-state index < -0.39 is 0 Å². The van der Waals surface area contributed by atoms with E-state index in [1.165, 1.54) is 11.1 Å². The molecule has 0 saturated carbocycles. The first-order chi connectivity index (χ1) is 10.1. The molecule has 1 N–H and O–H groups in total. The number of thioether (sulfide) groups is 1. The molecule has 5 heteroatoms. The molecule has 0 unspecified atom stereocenters. The van der Waals surface area contributed by atoms with Crippen molar-refractivity contribution in [1.29, 1.82) is 0 Å². The van der Waals surface area contributed by atoms with E-state index in [4.69, 9.17) is 4.74 Å². The monoisotopic (exact) mass is 304 g/mol. The number of aliphatic hydroxyl groups excluding tert-OH is 1. The van der Waals surface area contributed by atoms with Gasteiger partial charge in [0.05, 0.1) is 25.5 Å². The fourth-order valence-corrected chi connectivity index (χ4v) is 3.51. The van der Waals surface area contributed by atoms with Crippen LogP contribution in [0.4, 0.5) is 0 Å². The van der Waals surface area contributed by atoms with E-state index in [9.17, 15) is 5.11 Å². The van der Waals surface area contributed by atoms with Gasteiger partial charge in [0.2, 0.25) is 0 Å². The number of ether oxygens (including phenoxy) is 1. The van der Waals surface area contributed by atoms with Crippen LogP contribution in [-0.2, 0) is 4.74 Å². The molecule has 0 spiro atoms. The van der Waals surface area contributed by atoms with Crippen molar-refractivity contribution in [3.8, 4) is 5.69 Å². The van der Waals surface area contributed by atoms with E-state index in [1.807, 2.05) is 12.4 Å². The zero-order valence-electron chi connectivity index (χ0n) is 12.4. The minimum atomic E-state index is -0.0942. The Morgan fingerprint density at radius 3 is 2.86 bits per heavy atom. The lowest BCUT2D eigenvalue weighted by Crippen LogP contribution is -2.47. The Hall–Kier alpha value is -1.30. The summed E-state index contributed by atoms with van der Waals surface area (Å²) in [6, 6.07) is 6.43. The highest BCUT2D eigenvalue weighted by Crippen LogP contribution is 2.34. The van der Waals surface area contributed by atoms with Crippen molar-refractivity contribution < 1.29 is 9.84 Å². The molecule has 0 bridgehead atoms. The van der Waals surface area contributed by atoms with Crippen LogP contribution in [0, 0.1) is 19.3 Å². The van der Waals surface area contributed by atoms with Crippen molar-refractivity contribution in [2.75, 3.05) is 25.6 Å². The summed E-state index contributed by atoms with van der Waals surface area (Å²) in [6.07, 6.45) is 3.82. The molecule has 0 atom stereocenters. The Kier molecular flexibility index (Phi) is 4.06. The normalized spacial score (nSPS) is 16.7. The number of hydrogen-bond acceptors (Lipinski definition) is 4. The first kappa shape index (κ1) is 14.6. The third kappa shape index (κ3) is 2.86. The quantitative estimate of drug-likeness (QED) is 0.863. The largest absolute Gasteiger partial charge is 0.396 e. The van der Waals surface area contributed by atoms with Crippen LogP contribution in [0.25, 0.3) is 5.69 Å². The predicted molar refractivity (Wildman–Crippen MR) is 84.1 cm³/mol. The molecular formula is C16H20N2O2S. The minimum Gasteiger partial charge on any atom is -0.396 e. The van der Waals surface area contributed by atoms with Crippen LogP contribution in [-0.4, -0.2) is 40.2 Å². The molecule has 21 heavy (non-hydrogen) atoms. The fourth-order valence-electron chi connectivity index (χ4n) is 2.39. The van der Waals surface area contributed by atoms with Gasteiger partial charge in [0, 0.05) is 23.6 Å². The van der Waals surface area contributed by atoms with Crippen molar-refractivity contribution >= 4 is 11.8 Å². The van der Waals surface area contributed by atoms with Crippen LogP contribution in [0.15, 0.2) is 35.7 Å². The summed E-state index contributed by atoms with van der Waals surface area (Å²) in [6.45, 7) is 5.66. The number of nitrogens with zero attached hydrogens (tertiary/aromatic N) is 2. The van der Waals surface area contributed by atoms with E-state index in [2.05, 4.69) is 41.6 Å². The first-order valence-electron chi connectivity index (χ1n) is 7.06. The van der Waals surface area contributed by atoms with Gasteiger partial charge in [0.1, 0.15) is 0 Å². The lowest BCUT2D eigenvalue weighted by molar-refractivity contribution is -0.121. The van der Waals surface area contributed by atoms with Gasteiger partial charge in [-0.3, -0.25) is 4.57 Å². The maximum Gasteiger partial charge on any atom is 0.172 e. The summed E-state index contributed by atoms with van der Waals surface area (Å²) in [5.41, 5.74) is 3.53. The highest BCUT2D eigenvalue weighted by atomic mass is 32.2. The van der Waals surface area contributed by atoms with E-state index in [0.717, 1.165) is 16.6 Å². The number of aryl methyl sites for hydroxylation is 2. The van der Waals surface area contributed by atoms with Gasteiger partial charge in [0.15, 0.2) is 5.16 Å². The zero-order chi connectivity index (χ0) is 14.9. The van der Waals surface area contributed by atoms with Gasteiger partial charge < -0.3 is 9.84 Å². The van der Waals surface area contributed by atoms with Gasteiger partial charge >= 0.3 is 0 Å². The molecule has 1 aliphatic rings. The smallest absolute Gasteiger partial charge is 0.172 e. The van der Waals surface area contributed by atoms with Crippen LogP contribution in [0.5, 0.6) is 0 Å². The second-order valence-electron chi connectivity index (χ2n) is 5.81. The Balaban J connectivity index is 1.82. The second-order valence-corrected chi connectivity index (χ2v) is 6.75. The first-order valence-corrected chi connectivity index (χ1v) is 8.04. The average Bonchev–Trinajstić information content (AvgIpc) is 2.89. The van der Waals surface area contributed by atoms with Crippen LogP contribution < -0.4 is 0 Å². The average molecular weight is 304 g/mol. The number of aromatic nitrogens is 2. The number of benzene rings is 1. The molecule has 0 radical (unpaired) electrons. The van der Waals surface area contributed by atoms with Crippen molar-refractivity contribution in [1.82, 2.24) is 9.55 Å². The molecule has 0 amide bonds. The molecular weight excluding hydrogens is 284 g/mol. The molecule has 2 aromatic rings. The lowest BCUT2D eigenvalue weighted by atomic mass is 9.90. The Labute approximate surface area is 129 Å². The van der Waals surface area contributed by atoms with E-state index in [0.29, 0.717) is 13.2 Å². The molecule has 2 heterocycles. The van der Waals surface area contributed by atoms with Gasteiger partial charge in [0.25, 0.3) is 0 Å². The van der Waals surface area contributed by atoms with Crippen LogP contribution >= 0.6 is 11.8 Å². The molecule has 1 saturated heterocycles. The topological polar surface area (TPSA) is 47.3 Å². The summed E-state index contributed by atoms with van der Waals surface area (Å²) < 4.78 is 7.37. The highest BCUT2D eigenvalue weighted by Gasteiger charge is 2.38. The summed E-state index contributed by atoms with van der Waals surface area (Å²) in [5.74, 6) is 0.825. The van der Waals surface area contributed by atoms with Crippen LogP contribution in [0.2, 0.25) is 0 Å². The molecule has 1 fully saturated rings. The lowest BCUT2D eigenvalue weighted by Gasteiger charge is -2.39. The van der Waals surface area contributed by atoms with Crippen LogP contribution in [0.3, 0.4) is 0 Å². The number of hydrogen-bond donors (Lipinski definition) is 1. The minimum absolute atomic E-state index is 0.0942. The number of aliphatic hydroxyl groups is 1. The summed E-state index contributed by atoms with van der Waals surface area (Å²) in [5, 5.41) is 10.5. The SMILES string of the molecule is Cc1ccc(C)c(-n2ccnc2SCC2(CO)COC2)c1. The number of rotatable bonds is 5. The predicted octanol–water partition coefficient (Wildman–Crippen LogP) is 2.59. The van der Waals surface area contributed by atoms with E-state index in [1.54, 1.807) is 11.8 Å². The second kappa shape index (κ2) is 5.83. The standard InChI is InChI=1S/C16H20N2O2S/c1-12-3-4-13(2)14(7-12)18-6-5-17-15(18)21-11-16(8-19)9-20-10-16/h3-7,19H,8-11H2,1-2H3. The van der Waals surface area contributed by atoms with Crippen LogP contribution in [0.1, 0.15) is 11.1 Å². The summed E-state index contributed by atoms with van der Waals surface area (Å²) in [7, 11) is 0. The number of imidazole rings is 1. The molecule has 1 aromatic heterocycles. The summed E-state index contributed by atoms with van der Waals surface area (Å²) >= 11 is 1.68. The Morgan fingerprint density at radius 2 is 2.19 bits per heavy atom. The van der Waals surface area contributed by atoms with Gasteiger partial charge in [-0.05, 0) is 31.0 Å². The molecule has 1 aliphatic heterocycles. The third-order valence-corrected chi connectivity index (χ3v) is 5.21. The molecule has 0 aliphatic carbocycles. The van der Waals surface area contributed by atoms with Crippen molar-refractivity contribution in [3.05, 3.63) is 41.7 Å². The zero-order valence-corrected chi connectivity index (χ0v) is 13.2. The maximum atomic E-state index is 9.51. The van der Waals surface area contributed by atoms with Crippen molar-refractivity contribution in [2.24, 2.45) is 5.41 Å². The van der Waals surface area contributed by atoms with Gasteiger partial charge in [-0.1, -0.05) is 23.9 Å². The van der Waals surface area contributed by atoms with Crippen molar-refractivity contribution in [2.45, 2.75) is 19.0 Å². The van der Waals surface area contributed by atoms with E-state index in [-0.39, 0.29) is 12.0 Å². The van der Waals surface area contributed by atoms with Crippen molar-refractivity contribution in [3.63, 3.8) is 0 Å². The molecule has 3 rings (SSSR count). The Morgan fingerprint density at radius 1 is 1.38 bits per heavy atom. The van der Waals surface area contributed by atoms with Gasteiger partial charge in [-0.15, -0.1) is 0 Å². The highest BCUT2D eigenvalue weighted by molar-refractivity contribution is 7.99. The van der Waals surface area contributed by atoms with Gasteiger partial charge in [-0.25, -0.2) is 4.98 Å². The Bertz CT molecular complexity index is 629. The third-order valence-electron chi connectivity index (χ3n) is 3.89.